The van der Waals surface area contributed by atoms with E-state index in [0.29, 0.717) is 18.0 Å². The van der Waals surface area contributed by atoms with E-state index in [1.807, 2.05) is 0 Å². The molecule has 0 unspecified atom stereocenters. The van der Waals surface area contributed by atoms with Crippen molar-refractivity contribution in [2.24, 2.45) is 5.14 Å². The van der Waals surface area contributed by atoms with Crippen LogP contribution in [0.2, 0.25) is 0 Å². The van der Waals surface area contributed by atoms with Crippen molar-refractivity contribution < 1.29 is 13.2 Å². The first-order chi connectivity index (χ1) is 9.45. The van der Waals surface area contributed by atoms with Crippen LogP contribution in [0.15, 0.2) is 29.2 Å². The summed E-state index contributed by atoms with van der Waals surface area (Å²) in [6, 6.07) is 5.52. The van der Waals surface area contributed by atoms with Gasteiger partial charge in [-0.1, -0.05) is 0 Å². The topological polar surface area (TPSA) is 101 Å². The van der Waals surface area contributed by atoms with E-state index in [4.69, 9.17) is 5.14 Å². The summed E-state index contributed by atoms with van der Waals surface area (Å²) in [6.07, 6.45) is 1.81. The average Bonchev–Trinajstić information content (AvgIpc) is 2.41. The first kappa shape index (κ1) is 17.0. The smallest absolute Gasteiger partial charge is 0.251 e. The molecule has 20 heavy (non-hydrogen) atoms. The van der Waals surface area contributed by atoms with Crippen LogP contribution < -0.4 is 15.8 Å². The zero-order chi connectivity index (χ0) is 15.0. The predicted molar refractivity (Wildman–Crippen MR) is 81.2 cm³/mol. The van der Waals surface area contributed by atoms with E-state index >= 15 is 0 Å². The fourth-order valence-electron chi connectivity index (χ4n) is 1.55. The summed E-state index contributed by atoms with van der Waals surface area (Å²) in [4.78, 5) is 11.8. The number of rotatable bonds is 8. The Morgan fingerprint density at radius 1 is 1.15 bits per heavy atom. The van der Waals surface area contributed by atoms with Crippen molar-refractivity contribution >= 4 is 28.6 Å². The molecule has 4 N–H and O–H groups in total. The summed E-state index contributed by atoms with van der Waals surface area (Å²) in [5, 5.41) is 10.8. The number of carbonyl (C=O) groups is 1. The van der Waals surface area contributed by atoms with E-state index < -0.39 is 10.0 Å². The molecule has 0 fully saturated rings. The van der Waals surface area contributed by atoms with Crippen molar-refractivity contribution in [3.05, 3.63) is 29.8 Å². The monoisotopic (exact) mass is 317 g/mol. The van der Waals surface area contributed by atoms with E-state index in [9.17, 15) is 13.2 Å². The molecule has 0 atom stereocenters. The van der Waals surface area contributed by atoms with Gasteiger partial charge in [-0.05, 0) is 43.7 Å². The maximum Gasteiger partial charge on any atom is 0.251 e. The molecule has 112 valence electrons. The van der Waals surface area contributed by atoms with Gasteiger partial charge in [0.05, 0.1) is 4.90 Å². The van der Waals surface area contributed by atoms with Crippen LogP contribution in [0.5, 0.6) is 0 Å². The number of nitrogens with one attached hydrogen (secondary N) is 2. The van der Waals surface area contributed by atoms with Gasteiger partial charge >= 0.3 is 0 Å². The second-order valence-corrected chi connectivity index (χ2v) is 6.07. The number of thiol groups is 1. The molecule has 0 saturated carbocycles. The third-order valence-corrected chi connectivity index (χ3v) is 3.78. The highest BCUT2D eigenvalue weighted by atomic mass is 32.2. The van der Waals surface area contributed by atoms with Crippen LogP contribution in [-0.4, -0.2) is 33.3 Å². The van der Waals surface area contributed by atoms with Gasteiger partial charge in [-0.25, -0.2) is 13.6 Å². The molecule has 1 amide bonds. The second-order valence-electron chi connectivity index (χ2n) is 4.19. The number of primary sulfonamides is 1. The van der Waals surface area contributed by atoms with Crippen molar-refractivity contribution in [3.63, 3.8) is 0 Å². The van der Waals surface area contributed by atoms with E-state index in [2.05, 4.69) is 23.3 Å². The highest BCUT2D eigenvalue weighted by Gasteiger charge is 2.09. The summed E-state index contributed by atoms with van der Waals surface area (Å²) in [5.41, 5.74) is 0.408. The molecule has 0 heterocycles. The summed E-state index contributed by atoms with van der Waals surface area (Å²) in [5.74, 6) is 0.413. The van der Waals surface area contributed by atoms with Crippen molar-refractivity contribution in [2.75, 3.05) is 19.0 Å². The lowest BCUT2D eigenvalue weighted by molar-refractivity contribution is 0.0953. The lowest BCUT2D eigenvalue weighted by Crippen LogP contribution is -2.25. The molecular weight excluding hydrogens is 298 g/mol. The molecule has 1 aromatic carbocycles. The molecule has 0 aliphatic carbocycles. The Labute approximate surface area is 124 Å². The number of unbranched alkanes of at least 4 members (excludes halogenated alkanes) is 1. The lowest BCUT2D eigenvalue weighted by atomic mass is 10.2. The lowest BCUT2D eigenvalue weighted by Gasteiger charge is -2.06. The first-order valence-corrected chi connectivity index (χ1v) is 8.35. The van der Waals surface area contributed by atoms with Gasteiger partial charge in [0.2, 0.25) is 10.0 Å². The third kappa shape index (κ3) is 5.91. The quantitative estimate of drug-likeness (QED) is 0.315. The van der Waals surface area contributed by atoms with Crippen molar-refractivity contribution in [3.8, 4) is 0 Å². The second kappa shape index (κ2) is 8.25. The number of hydrogen-bond acceptors (Lipinski definition) is 5. The number of nitrogens with two attached hydrogens (primary N) is 1. The minimum absolute atomic E-state index is 0.00752. The molecule has 0 aliphatic rings. The SMILES string of the molecule is NS(=O)(=O)c1ccc(C(=O)NCCCCNCS)cc1. The number of benzene rings is 1. The summed E-state index contributed by atoms with van der Waals surface area (Å²) in [6.45, 7) is 1.44. The fraction of sp³-hybridized carbons (Fsp3) is 0.417. The van der Waals surface area contributed by atoms with E-state index in [-0.39, 0.29) is 10.8 Å². The predicted octanol–water partition coefficient (Wildman–Crippen LogP) is 0.321. The maximum absolute atomic E-state index is 11.8. The Balaban J connectivity index is 2.40. The molecule has 0 radical (unpaired) electrons. The van der Waals surface area contributed by atoms with Crippen LogP contribution in [0.25, 0.3) is 0 Å². The fourth-order valence-corrected chi connectivity index (χ4v) is 2.23. The molecule has 0 bridgehead atoms. The van der Waals surface area contributed by atoms with Crippen LogP contribution in [0, 0.1) is 0 Å². The van der Waals surface area contributed by atoms with E-state index in [1.54, 1.807) is 0 Å². The zero-order valence-electron chi connectivity index (χ0n) is 11.0. The molecule has 6 nitrogen and oxygen atoms in total. The minimum Gasteiger partial charge on any atom is -0.352 e. The van der Waals surface area contributed by atoms with Crippen LogP contribution in [0.3, 0.4) is 0 Å². The average molecular weight is 317 g/mol. The summed E-state index contributed by atoms with van der Waals surface area (Å²) < 4.78 is 22.2. The van der Waals surface area contributed by atoms with Gasteiger partial charge in [0.15, 0.2) is 0 Å². The molecule has 0 aromatic heterocycles. The van der Waals surface area contributed by atoms with Crippen molar-refractivity contribution in [2.45, 2.75) is 17.7 Å². The highest BCUT2D eigenvalue weighted by molar-refractivity contribution is 7.89. The zero-order valence-corrected chi connectivity index (χ0v) is 12.7. The third-order valence-electron chi connectivity index (χ3n) is 2.62. The van der Waals surface area contributed by atoms with Gasteiger partial charge in [-0.15, -0.1) is 0 Å². The molecule has 0 saturated heterocycles. The van der Waals surface area contributed by atoms with Crippen LogP contribution in [0.4, 0.5) is 0 Å². The van der Waals surface area contributed by atoms with Crippen LogP contribution in [-0.2, 0) is 10.0 Å². The molecule has 1 rings (SSSR count). The number of hydrogen-bond donors (Lipinski definition) is 4. The highest BCUT2D eigenvalue weighted by Crippen LogP contribution is 2.08. The van der Waals surface area contributed by atoms with Gasteiger partial charge in [0.1, 0.15) is 0 Å². The maximum atomic E-state index is 11.8. The molecule has 8 heteroatoms. The Hall–Kier alpha value is -1.09. The Kier molecular flexibility index (Phi) is 7.00. The Bertz CT molecular complexity index is 529. The van der Waals surface area contributed by atoms with Crippen LogP contribution in [0.1, 0.15) is 23.2 Å². The molecule has 0 spiro atoms. The van der Waals surface area contributed by atoms with Gasteiger partial charge < -0.3 is 10.6 Å². The number of sulfonamides is 1. The number of carbonyl (C=O) groups excluding carboxylic acids is 1. The van der Waals surface area contributed by atoms with Crippen molar-refractivity contribution in [1.82, 2.24) is 10.6 Å². The van der Waals surface area contributed by atoms with Gasteiger partial charge in [-0.2, -0.15) is 12.6 Å². The largest absolute Gasteiger partial charge is 0.352 e. The first-order valence-electron chi connectivity index (χ1n) is 6.18. The van der Waals surface area contributed by atoms with Gasteiger partial charge in [0, 0.05) is 18.0 Å². The molecule has 1 aromatic rings. The van der Waals surface area contributed by atoms with Gasteiger partial charge in [0.25, 0.3) is 5.91 Å². The van der Waals surface area contributed by atoms with E-state index in [0.717, 1.165) is 19.4 Å². The Morgan fingerprint density at radius 3 is 2.30 bits per heavy atom. The summed E-state index contributed by atoms with van der Waals surface area (Å²) >= 11 is 4.02. The molecule has 0 aliphatic heterocycles. The normalized spacial score (nSPS) is 11.3. The van der Waals surface area contributed by atoms with Crippen molar-refractivity contribution in [1.29, 1.82) is 0 Å². The Morgan fingerprint density at radius 2 is 1.75 bits per heavy atom. The standard InChI is InChI=1S/C12H19N3O3S2/c13-20(17,18)11-5-3-10(4-6-11)12(16)15-8-2-1-7-14-9-19/h3-6,14,19H,1-2,7-9H2,(H,15,16)(H2,13,17,18). The van der Waals surface area contributed by atoms with Gasteiger partial charge in [-0.3, -0.25) is 4.79 Å². The summed E-state index contributed by atoms with van der Waals surface area (Å²) in [7, 11) is -3.72. The number of amides is 1. The minimum atomic E-state index is -3.72. The van der Waals surface area contributed by atoms with E-state index in [1.165, 1.54) is 24.3 Å². The molecular formula is C12H19N3O3S2. The van der Waals surface area contributed by atoms with Crippen LogP contribution >= 0.6 is 12.6 Å².